The Balaban J connectivity index is 1.19. The largest absolute Gasteiger partial charge is 0.363 e. The zero-order valence-corrected chi connectivity index (χ0v) is 19.8. The monoisotopic (exact) mass is 492 g/mol. The maximum atomic E-state index is 13.1. The van der Waals surface area contributed by atoms with Gasteiger partial charge in [0.1, 0.15) is 5.69 Å². The van der Waals surface area contributed by atoms with E-state index in [1.165, 1.54) is 16.5 Å². The fraction of sp³-hybridized carbons (Fsp3) is 0.385. The highest BCUT2D eigenvalue weighted by molar-refractivity contribution is 6.30. The van der Waals surface area contributed by atoms with Gasteiger partial charge in [-0.1, -0.05) is 35.9 Å². The summed E-state index contributed by atoms with van der Waals surface area (Å²) in [4.78, 5) is 43.4. The third kappa shape index (κ3) is 3.72. The van der Waals surface area contributed by atoms with E-state index < -0.39 is 4.92 Å². The average Bonchev–Trinajstić information content (AvgIpc) is 3.54. The minimum atomic E-state index is -0.421. The number of nitro groups is 1. The summed E-state index contributed by atoms with van der Waals surface area (Å²) in [6.07, 6.45) is 4.93. The second kappa shape index (κ2) is 8.46. The number of nitrogens with zero attached hydrogens (tertiary/aromatic N) is 4. The van der Waals surface area contributed by atoms with Crippen LogP contribution in [0.5, 0.6) is 0 Å². The maximum Gasteiger partial charge on any atom is 0.294 e. The molecule has 35 heavy (non-hydrogen) atoms. The molecule has 2 bridgehead atoms. The quantitative estimate of drug-likeness (QED) is 0.272. The molecule has 2 heterocycles. The highest BCUT2D eigenvalue weighted by atomic mass is 35.5. The zero-order chi connectivity index (χ0) is 24.3. The minimum absolute atomic E-state index is 0.0765. The molecular weight excluding hydrogens is 468 g/mol. The van der Waals surface area contributed by atoms with Crippen molar-refractivity contribution < 1.29 is 14.5 Å². The number of allylic oxidation sites excluding steroid dienone is 2. The first kappa shape index (κ1) is 22.2. The van der Waals surface area contributed by atoms with Crippen molar-refractivity contribution >= 4 is 40.5 Å². The van der Waals surface area contributed by atoms with Gasteiger partial charge >= 0.3 is 0 Å². The van der Waals surface area contributed by atoms with E-state index >= 15 is 0 Å². The second-order valence-corrected chi connectivity index (χ2v) is 10.3. The smallest absolute Gasteiger partial charge is 0.294 e. The normalized spacial score (nSPS) is 27.7. The predicted molar refractivity (Wildman–Crippen MR) is 132 cm³/mol. The molecule has 2 aliphatic heterocycles. The van der Waals surface area contributed by atoms with Crippen molar-refractivity contribution in [2.24, 2.45) is 23.7 Å². The van der Waals surface area contributed by atoms with Crippen LogP contribution < -0.4 is 9.80 Å². The van der Waals surface area contributed by atoms with Gasteiger partial charge in [0.2, 0.25) is 11.8 Å². The van der Waals surface area contributed by atoms with Gasteiger partial charge in [0.25, 0.3) is 5.69 Å². The number of piperazine rings is 1. The Kier molecular flexibility index (Phi) is 5.38. The molecule has 2 aromatic carbocycles. The fourth-order valence-electron chi connectivity index (χ4n) is 6.22. The van der Waals surface area contributed by atoms with E-state index in [1.54, 1.807) is 12.1 Å². The van der Waals surface area contributed by atoms with Crippen LogP contribution in [0.3, 0.4) is 0 Å². The molecule has 9 heteroatoms. The number of carbonyl (C=O) groups is 2. The summed E-state index contributed by atoms with van der Waals surface area (Å²) < 4.78 is 0. The molecule has 4 unspecified atom stereocenters. The van der Waals surface area contributed by atoms with E-state index in [2.05, 4.69) is 4.90 Å². The van der Waals surface area contributed by atoms with Gasteiger partial charge in [-0.05, 0) is 48.1 Å². The zero-order valence-electron chi connectivity index (χ0n) is 19.0. The number of hydrogen-bond donors (Lipinski definition) is 0. The Morgan fingerprint density at radius 1 is 0.914 bits per heavy atom. The summed E-state index contributed by atoms with van der Waals surface area (Å²) >= 11 is 5.97. The van der Waals surface area contributed by atoms with E-state index in [1.807, 2.05) is 41.3 Å². The molecule has 180 valence electrons. The molecular formula is C26H25ClN4O4. The summed E-state index contributed by atoms with van der Waals surface area (Å²) in [7, 11) is 0. The van der Waals surface area contributed by atoms with Crippen molar-refractivity contribution in [1.82, 2.24) is 4.90 Å². The van der Waals surface area contributed by atoms with Crippen LogP contribution in [-0.4, -0.2) is 47.8 Å². The summed E-state index contributed by atoms with van der Waals surface area (Å²) in [5.74, 6) is -0.908. The molecule has 8 nitrogen and oxygen atoms in total. The number of carbonyl (C=O) groups excluding carboxylic acids is 2. The molecule has 2 aromatic rings. The molecule has 0 radical (unpaired) electrons. The maximum absolute atomic E-state index is 13.1. The van der Waals surface area contributed by atoms with Gasteiger partial charge in [0.15, 0.2) is 0 Å². The Morgan fingerprint density at radius 2 is 1.54 bits per heavy atom. The van der Waals surface area contributed by atoms with Crippen molar-refractivity contribution in [3.05, 3.63) is 75.3 Å². The van der Waals surface area contributed by atoms with Crippen LogP contribution in [0.2, 0.25) is 5.02 Å². The second-order valence-electron chi connectivity index (χ2n) is 9.83. The molecule has 4 atom stereocenters. The summed E-state index contributed by atoms with van der Waals surface area (Å²) in [5.41, 5.74) is 1.91. The number of hydrogen-bond acceptors (Lipinski definition) is 6. The first-order chi connectivity index (χ1) is 16.9. The highest BCUT2D eigenvalue weighted by Gasteiger charge is 2.59. The van der Waals surface area contributed by atoms with Gasteiger partial charge in [-0.3, -0.25) is 24.6 Å². The van der Waals surface area contributed by atoms with Crippen molar-refractivity contribution in [1.29, 1.82) is 0 Å². The standard InChI is InChI=1S/C26H25ClN4O4/c27-19-5-1-16(2-6-19)15-28-9-11-29(12-10-28)21-8-7-20(14-22(21)31(34)35)30-25(32)23-17-3-4-18(13-17)24(23)26(30)33/h1-8,14,17-18,23-24H,9-13,15H2. The topological polar surface area (TPSA) is 87.0 Å². The van der Waals surface area contributed by atoms with Crippen LogP contribution >= 0.6 is 11.6 Å². The van der Waals surface area contributed by atoms with Crippen molar-refractivity contribution in [2.75, 3.05) is 36.0 Å². The van der Waals surface area contributed by atoms with Crippen LogP contribution in [0.25, 0.3) is 0 Å². The summed E-state index contributed by atoms with van der Waals surface area (Å²) in [6, 6.07) is 12.5. The van der Waals surface area contributed by atoms with E-state index in [-0.39, 0.29) is 41.2 Å². The predicted octanol–water partition coefficient (Wildman–Crippen LogP) is 3.88. The number of fused-ring (bicyclic) bond motifs is 5. The van der Waals surface area contributed by atoms with Gasteiger partial charge in [0.05, 0.1) is 22.4 Å². The lowest BCUT2D eigenvalue weighted by Gasteiger charge is -2.36. The number of amides is 2. The van der Waals surface area contributed by atoms with Gasteiger partial charge in [-0.2, -0.15) is 0 Å². The summed E-state index contributed by atoms with van der Waals surface area (Å²) in [5, 5.41) is 12.7. The third-order valence-electron chi connectivity index (χ3n) is 7.92. The van der Waals surface area contributed by atoms with E-state index in [4.69, 9.17) is 11.6 Å². The molecule has 4 aliphatic rings. The number of benzene rings is 2. The minimum Gasteiger partial charge on any atom is -0.363 e. The van der Waals surface area contributed by atoms with Gasteiger partial charge in [-0.15, -0.1) is 0 Å². The molecule has 2 aliphatic carbocycles. The number of halogens is 1. The lowest BCUT2D eigenvalue weighted by Crippen LogP contribution is -2.46. The molecule has 6 rings (SSSR count). The number of anilines is 2. The molecule has 2 amide bonds. The van der Waals surface area contributed by atoms with Crippen molar-refractivity contribution in [2.45, 2.75) is 13.0 Å². The first-order valence-electron chi connectivity index (χ1n) is 12.0. The first-order valence-corrected chi connectivity index (χ1v) is 12.3. The van der Waals surface area contributed by atoms with Gasteiger partial charge in [0, 0.05) is 43.8 Å². The van der Waals surface area contributed by atoms with Crippen molar-refractivity contribution in [3.63, 3.8) is 0 Å². The SMILES string of the molecule is O=C1C2C3C=CC(C3)C2C(=O)N1c1ccc(N2CCN(Cc3ccc(Cl)cc3)CC2)c([N+](=O)[O-])c1. The van der Waals surface area contributed by atoms with Crippen LogP contribution in [0, 0.1) is 33.8 Å². The van der Waals surface area contributed by atoms with Gasteiger partial charge < -0.3 is 4.90 Å². The number of nitro benzene ring substituents is 1. The van der Waals surface area contributed by atoms with Crippen LogP contribution in [0.4, 0.5) is 17.1 Å². The Labute approximate surface area is 207 Å². The Hall–Kier alpha value is -3.23. The summed E-state index contributed by atoms with van der Waals surface area (Å²) in [6.45, 7) is 3.63. The van der Waals surface area contributed by atoms with Crippen LogP contribution in [0.1, 0.15) is 12.0 Å². The lowest BCUT2D eigenvalue weighted by atomic mass is 9.85. The van der Waals surface area contributed by atoms with Crippen LogP contribution in [-0.2, 0) is 16.1 Å². The fourth-order valence-corrected chi connectivity index (χ4v) is 6.34. The highest BCUT2D eigenvalue weighted by Crippen LogP contribution is 2.53. The van der Waals surface area contributed by atoms with E-state index in [9.17, 15) is 19.7 Å². The molecule has 0 spiro atoms. The Bertz CT molecular complexity index is 1210. The lowest BCUT2D eigenvalue weighted by molar-refractivity contribution is -0.384. The number of imide groups is 1. The van der Waals surface area contributed by atoms with E-state index in [0.29, 0.717) is 29.5 Å². The van der Waals surface area contributed by atoms with Gasteiger partial charge in [-0.25, -0.2) is 4.90 Å². The number of rotatable bonds is 5. The third-order valence-corrected chi connectivity index (χ3v) is 8.17. The van der Waals surface area contributed by atoms with Crippen molar-refractivity contribution in [3.8, 4) is 0 Å². The molecule has 0 aromatic heterocycles. The van der Waals surface area contributed by atoms with Crippen LogP contribution in [0.15, 0.2) is 54.6 Å². The Morgan fingerprint density at radius 3 is 2.14 bits per heavy atom. The van der Waals surface area contributed by atoms with E-state index in [0.717, 1.165) is 26.1 Å². The molecule has 3 fully saturated rings. The average molecular weight is 493 g/mol. The molecule has 2 saturated heterocycles. The molecule has 1 saturated carbocycles. The molecule has 0 N–H and O–H groups in total.